The highest BCUT2D eigenvalue weighted by atomic mass is 16.5. The second-order valence-electron chi connectivity index (χ2n) is 7.98. The summed E-state index contributed by atoms with van der Waals surface area (Å²) >= 11 is 0. The number of carbonyl (C=O) groups excluding carboxylic acids is 1. The molecule has 6 heteroatoms. The number of pyridine rings is 1. The molecule has 0 saturated carbocycles. The molecule has 0 bridgehead atoms. The fourth-order valence-electron chi connectivity index (χ4n) is 4.16. The lowest BCUT2D eigenvalue weighted by Crippen LogP contribution is -2.40. The summed E-state index contributed by atoms with van der Waals surface area (Å²) in [4.78, 5) is 30.8. The van der Waals surface area contributed by atoms with E-state index in [1.807, 2.05) is 32.0 Å². The van der Waals surface area contributed by atoms with Gasteiger partial charge in [0.25, 0.3) is 5.91 Å². The molecule has 6 nitrogen and oxygen atoms in total. The third-order valence-electron chi connectivity index (χ3n) is 6.13. The summed E-state index contributed by atoms with van der Waals surface area (Å²) in [7, 11) is 0. The first-order valence-electron chi connectivity index (χ1n) is 9.64. The van der Waals surface area contributed by atoms with Crippen molar-refractivity contribution in [3.63, 3.8) is 0 Å². The SMILES string of the molecule is CC(C)C1(C(=O)O)CCN(C(=O)c2cncc(-c3ccc4c(c3)CCO4)c2)C1. The number of aliphatic carboxylic acids is 1. The second-order valence-corrected chi connectivity index (χ2v) is 7.98. The topological polar surface area (TPSA) is 79.7 Å². The van der Waals surface area contributed by atoms with E-state index >= 15 is 0 Å². The van der Waals surface area contributed by atoms with Gasteiger partial charge in [0.1, 0.15) is 5.75 Å². The van der Waals surface area contributed by atoms with E-state index in [0.29, 0.717) is 25.1 Å². The Morgan fingerprint density at radius 2 is 2.04 bits per heavy atom. The predicted molar refractivity (Wildman–Crippen MR) is 104 cm³/mol. The molecular weight excluding hydrogens is 356 g/mol. The lowest BCUT2D eigenvalue weighted by Gasteiger charge is -2.28. The number of hydrogen-bond donors (Lipinski definition) is 1. The number of ether oxygens (including phenoxy) is 1. The standard InChI is InChI=1S/C22H24N2O4/c1-14(2)22(21(26)27)6-7-24(13-22)20(25)18-10-17(11-23-12-18)15-3-4-19-16(9-15)5-8-28-19/h3-4,9-12,14H,5-8,13H2,1-2H3,(H,26,27). The second kappa shape index (κ2) is 6.93. The number of aromatic nitrogens is 1. The van der Waals surface area contributed by atoms with Crippen LogP contribution in [0.15, 0.2) is 36.7 Å². The smallest absolute Gasteiger partial charge is 0.311 e. The summed E-state index contributed by atoms with van der Waals surface area (Å²) in [6, 6.07) is 7.84. The molecule has 0 radical (unpaired) electrons. The molecule has 0 spiro atoms. The van der Waals surface area contributed by atoms with E-state index in [0.717, 1.165) is 28.9 Å². The number of carboxylic acid groups (broad SMARTS) is 1. The minimum Gasteiger partial charge on any atom is -0.493 e. The molecule has 1 saturated heterocycles. The molecule has 146 valence electrons. The minimum atomic E-state index is -0.874. The molecule has 2 aromatic rings. The Morgan fingerprint density at radius 3 is 2.75 bits per heavy atom. The molecule has 1 aromatic heterocycles. The van der Waals surface area contributed by atoms with Gasteiger partial charge in [-0.2, -0.15) is 0 Å². The molecule has 2 aliphatic heterocycles. The maximum Gasteiger partial charge on any atom is 0.311 e. The van der Waals surface area contributed by atoms with E-state index in [9.17, 15) is 14.7 Å². The molecule has 1 aromatic carbocycles. The third-order valence-corrected chi connectivity index (χ3v) is 6.13. The van der Waals surface area contributed by atoms with Crippen LogP contribution in [-0.4, -0.2) is 46.6 Å². The molecule has 0 aliphatic carbocycles. The lowest BCUT2D eigenvalue weighted by atomic mass is 9.76. The molecule has 1 N–H and O–H groups in total. The van der Waals surface area contributed by atoms with Crippen LogP contribution in [0.3, 0.4) is 0 Å². The van der Waals surface area contributed by atoms with Gasteiger partial charge in [-0.15, -0.1) is 0 Å². The zero-order valence-electron chi connectivity index (χ0n) is 16.1. The van der Waals surface area contributed by atoms with Crippen molar-refractivity contribution in [3.05, 3.63) is 47.8 Å². The Labute approximate surface area is 164 Å². The number of amides is 1. The first-order valence-corrected chi connectivity index (χ1v) is 9.64. The highest BCUT2D eigenvalue weighted by molar-refractivity contribution is 5.96. The maximum atomic E-state index is 13.0. The normalized spacial score (nSPS) is 20.9. The summed E-state index contributed by atoms with van der Waals surface area (Å²) in [6.07, 6.45) is 4.66. The molecule has 28 heavy (non-hydrogen) atoms. The Bertz CT molecular complexity index is 940. The molecule has 3 heterocycles. The number of nitrogens with zero attached hydrogens (tertiary/aromatic N) is 2. The van der Waals surface area contributed by atoms with Gasteiger partial charge < -0.3 is 14.7 Å². The van der Waals surface area contributed by atoms with Crippen molar-refractivity contribution >= 4 is 11.9 Å². The Morgan fingerprint density at radius 1 is 1.21 bits per heavy atom. The third kappa shape index (κ3) is 3.03. The number of carbonyl (C=O) groups is 2. The van der Waals surface area contributed by atoms with Crippen molar-refractivity contribution in [2.75, 3.05) is 19.7 Å². The van der Waals surface area contributed by atoms with Crippen LogP contribution in [0.5, 0.6) is 5.75 Å². The van der Waals surface area contributed by atoms with Gasteiger partial charge in [-0.3, -0.25) is 14.6 Å². The summed E-state index contributed by atoms with van der Waals surface area (Å²) in [5, 5.41) is 9.71. The molecule has 2 aliphatic rings. The van der Waals surface area contributed by atoms with E-state index in [1.165, 1.54) is 0 Å². The van der Waals surface area contributed by atoms with Crippen LogP contribution < -0.4 is 4.74 Å². The van der Waals surface area contributed by atoms with Crippen molar-refractivity contribution in [2.45, 2.75) is 26.7 Å². The first-order chi connectivity index (χ1) is 13.4. The number of benzene rings is 1. The Kier molecular flexibility index (Phi) is 4.57. The fraction of sp³-hybridized carbons (Fsp3) is 0.409. The average molecular weight is 380 g/mol. The van der Waals surface area contributed by atoms with Crippen molar-refractivity contribution in [3.8, 4) is 16.9 Å². The Balaban J connectivity index is 1.58. The van der Waals surface area contributed by atoms with Gasteiger partial charge in [0, 0.05) is 37.5 Å². The van der Waals surface area contributed by atoms with Crippen LogP contribution >= 0.6 is 0 Å². The molecular formula is C22H24N2O4. The fourth-order valence-corrected chi connectivity index (χ4v) is 4.16. The number of hydrogen-bond acceptors (Lipinski definition) is 4. The van der Waals surface area contributed by atoms with Crippen molar-refractivity contribution in [1.29, 1.82) is 0 Å². The van der Waals surface area contributed by atoms with Gasteiger partial charge in [0.05, 0.1) is 17.6 Å². The van der Waals surface area contributed by atoms with E-state index in [2.05, 4.69) is 11.1 Å². The van der Waals surface area contributed by atoms with Crippen LogP contribution in [0, 0.1) is 11.3 Å². The van der Waals surface area contributed by atoms with Crippen molar-refractivity contribution < 1.29 is 19.4 Å². The average Bonchev–Trinajstić information content (AvgIpc) is 3.34. The zero-order chi connectivity index (χ0) is 19.9. The number of likely N-dealkylation sites (tertiary alicyclic amines) is 1. The highest BCUT2D eigenvalue weighted by Gasteiger charge is 2.48. The van der Waals surface area contributed by atoms with Crippen LogP contribution in [0.2, 0.25) is 0 Å². The van der Waals surface area contributed by atoms with Crippen LogP contribution in [0.4, 0.5) is 0 Å². The maximum absolute atomic E-state index is 13.0. The van der Waals surface area contributed by atoms with E-state index in [4.69, 9.17) is 4.74 Å². The molecule has 1 amide bonds. The van der Waals surface area contributed by atoms with Gasteiger partial charge in [-0.1, -0.05) is 19.9 Å². The number of rotatable bonds is 4. The lowest BCUT2D eigenvalue weighted by molar-refractivity contribution is -0.150. The van der Waals surface area contributed by atoms with Crippen LogP contribution in [0.25, 0.3) is 11.1 Å². The van der Waals surface area contributed by atoms with Crippen molar-refractivity contribution in [2.24, 2.45) is 11.3 Å². The minimum absolute atomic E-state index is 0.0408. The molecule has 1 fully saturated rings. The van der Waals surface area contributed by atoms with E-state index < -0.39 is 11.4 Å². The largest absolute Gasteiger partial charge is 0.493 e. The number of fused-ring (bicyclic) bond motifs is 1. The van der Waals surface area contributed by atoms with Gasteiger partial charge in [-0.05, 0) is 41.7 Å². The molecule has 4 rings (SSSR count). The van der Waals surface area contributed by atoms with Gasteiger partial charge in [0.15, 0.2) is 0 Å². The molecule has 1 unspecified atom stereocenters. The highest BCUT2D eigenvalue weighted by Crippen LogP contribution is 2.39. The molecule has 1 atom stereocenters. The summed E-state index contributed by atoms with van der Waals surface area (Å²) in [5.74, 6) is -0.117. The van der Waals surface area contributed by atoms with Gasteiger partial charge >= 0.3 is 5.97 Å². The van der Waals surface area contributed by atoms with Crippen molar-refractivity contribution in [1.82, 2.24) is 9.88 Å². The van der Waals surface area contributed by atoms with Crippen LogP contribution in [-0.2, 0) is 11.2 Å². The van der Waals surface area contributed by atoms with E-state index in [-0.39, 0.29) is 18.4 Å². The predicted octanol–water partition coefficient (Wildman–Crippen LogP) is 3.26. The quantitative estimate of drug-likeness (QED) is 0.881. The summed E-state index contributed by atoms with van der Waals surface area (Å²) in [5.41, 5.74) is 2.64. The van der Waals surface area contributed by atoms with E-state index in [1.54, 1.807) is 17.3 Å². The van der Waals surface area contributed by atoms with Gasteiger partial charge in [-0.25, -0.2) is 0 Å². The monoisotopic (exact) mass is 380 g/mol. The number of carboxylic acids is 1. The van der Waals surface area contributed by atoms with Gasteiger partial charge in [0.2, 0.25) is 0 Å². The first kappa shape index (κ1) is 18.5. The summed E-state index contributed by atoms with van der Waals surface area (Å²) in [6.45, 7) is 5.19. The summed E-state index contributed by atoms with van der Waals surface area (Å²) < 4.78 is 5.55. The van der Waals surface area contributed by atoms with Crippen LogP contribution in [0.1, 0.15) is 36.2 Å². The Hall–Kier alpha value is -2.89. The zero-order valence-corrected chi connectivity index (χ0v) is 16.1.